The maximum Gasteiger partial charge on any atom is 0.250 e. The van der Waals surface area contributed by atoms with Crippen molar-refractivity contribution in [3.05, 3.63) is 0 Å². The van der Waals surface area contributed by atoms with Crippen LogP contribution in [0.4, 0.5) is 0 Å². The summed E-state index contributed by atoms with van der Waals surface area (Å²) in [5.41, 5.74) is 0.589. The minimum absolute atomic E-state index is 0. The smallest absolute Gasteiger partial charge is 0.250 e. The van der Waals surface area contributed by atoms with Gasteiger partial charge in [-0.25, -0.2) is 0 Å². The third-order valence-electron chi connectivity index (χ3n) is 6.33. The van der Waals surface area contributed by atoms with E-state index in [0.29, 0.717) is 24.6 Å². The fourth-order valence-electron chi connectivity index (χ4n) is 4.42. The second kappa shape index (κ2) is 5.47. The number of halogens is 1. The van der Waals surface area contributed by atoms with Crippen LogP contribution in [-0.4, -0.2) is 37.7 Å². The van der Waals surface area contributed by atoms with E-state index in [-0.39, 0.29) is 29.8 Å². The molecule has 1 saturated heterocycles. The van der Waals surface area contributed by atoms with Crippen LogP contribution in [0.5, 0.6) is 0 Å². The number of rotatable bonds is 2. The highest BCUT2D eigenvalue weighted by Crippen LogP contribution is 2.65. The third kappa shape index (κ3) is 2.26. The van der Waals surface area contributed by atoms with Crippen molar-refractivity contribution >= 4 is 18.3 Å². The van der Waals surface area contributed by atoms with Gasteiger partial charge in [0.2, 0.25) is 0 Å². The van der Waals surface area contributed by atoms with Gasteiger partial charge in [-0.2, -0.15) is 0 Å². The molecule has 1 heterocycles. The molecule has 0 spiro atoms. The van der Waals surface area contributed by atoms with Crippen LogP contribution in [0.2, 0.25) is 0 Å². The van der Waals surface area contributed by atoms with Crippen molar-refractivity contribution < 1.29 is 9.53 Å². The highest BCUT2D eigenvalue weighted by Gasteiger charge is 2.61. The topological polar surface area (TPSA) is 50.4 Å². The molecule has 4 atom stereocenters. The average molecular weight is 303 g/mol. The lowest BCUT2D eigenvalue weighted by Crippen LogP contribution is -2.54. The standard InChI is InChI=1S/C15H26N2O2.ClH/c1-14(2)10-4-5-15(14,3)12(8-10)17-13(18)11-9-16-6-7-19-11;/h10-12,16H,4-9H2,1-3H3,(H,17,18);1H. The summed E-state index contributed by atoms with van der Waals surface area (Å²) >= 11 is 0. The van der Waals surface area contributed by atoms with E-state index in [0.717, 1.165) is 18.9 Å². The Morgan fingerprint density at radius 2 is 2.10 bits per heavy atom. The predicted molar refractivity (Wildman–Crippen MR) is 81.0 cm³/mol. The van der Waals surface area contributed by atoms with Crippen molar-refractivity contribution in [3.8, 4) is 0 Å². The van der Waals surface area contributed by atoms with Gasteiger partial charge in [0.25, 0.3) is 5.91 Å². The van der Waals surface area contributed by atoms with E-state index < -0.39 is 0 Å². The summed E-state index contributed by atoms with van der Waals surface area (Å²) in [6.07, 6.45) is 3.38. The number of nitrogens with one attached hydrogen (secondary N) is 2. The van der Waals surface area contributed by atoms with Gasteiger partial charge < -0.3 is 15.4 Å². The highest BCUT2D eigenvalue weighted by atomic mass is 35.5. The van der Waals surface area contributed by atoms with Crippen LogP contribution < -0.4 is 10.6 Å². The SMILES string of the molecule is CC1(C)C2CCC1(C)C(NC(=O)C1CNCCO1)C2.Cl. The van der Waals surface area contributed by atoms with Gasteiger partial charge in [0.15, 0.2) is 0 Å². The molecule has 5 heteroatoms. The lowest BCUT2D eigenvalue weighted by atomic mass is 9.69. The van der Waals surface area contributed by atoms with Crippen LogP contribution in [0.15, 0.2) is 0 Å². The Labute approximate surface area is 127 Å². The molecular weight excluding hydrogens is 276 g/mol. The molecule has 0 aromatic rings. The van der Waals surface area contributed by atoms with E-state index in [1.807, 2.05) is 0 Å². The number of ether oxygens (including phenoxy) is 1. The molecule has 116 valence electrons. The first-order valence-corrected chi connectivity index (χ1v) is 7.58. The number of hydrogen-bond donors (Lipinski definition) is 2. The summed E-state index contributed by atoms with van der Waals surface area (Å²) < 4.78 is 5.54. The highest BCUT2D eigenvalue weighted by molar-refractivity contribution is 5.85. The van der Waals surface area contributed by atoms with E-state index in [1.54, 1.807) is 0 Å². The Morgan fingerprint density at radius 1 is 1.35 bits per heavy atom. The van der Waals surface area contributed by atoms with Crippen LogP contribution in [0.25, 0.3) is 0 Å². The minimum Gasteiger partial charge on any atom is -0.366 e. The summed E-state index contributed by atoms with van der Waals surface area (Å²) in [4.78, 5) is 12.3. The predicted octanol–water partition coefficient (Wildman–Crippen LogP) is 1.73. The molecule has 0 radical (unpaired) electrons. The Hall–Kier alpha value is -0.320. The van der Waals surface area contributed by atoms with Crippen LogP contribution in [0.1, 0.15) is 40.0 Å². The van der Waals surface area contributed by atoms with Crippen LogP contribution >= 0.6 is 12.4 Å². The largest absolute Gasteiger partial charge is 0.366 e. The summed E-state index contributed by atoms with van der Waals surface area (Å²) in [5.74, 6) is 0.829. The lowest BCUT2D eigenvalue weighted by molar-refractivity contribution is -0.136. The normalized spacial score (nSPS) is 42.0. The van der Waals surface area contributed by atoms with Crippen LogP contribution in [-0.2, 0) is 9.53 Å². The molecule has 3 rings (SSSR count). The monoisotopic (exact) mass is 302 g/mol. The fraction of sp³-hybridized carbons (Fsp3) is 0.933. The fourth-order valence-corrected chi connectivity index (χ4v) is 4.42. The Kier molecular flexibility index (Phi) is 4.39. The summed E-state index contributed by atoms with van der Waals surface area (Å²) in [6, 6.07) is 0.319. The van der Waals surface area contributed by atoms with E-state index in [1.165, 1.54) is 12.8 Å². The molecule has 3 aliphatic rings. The Bertz CT molecular complexity index is 382. The quantitative estimate of drug-likeness (QED) is 0.817. The molecule has 4 unspecified atom stereocenters. The zero-order valence-corrected chi connectivity index (χ0v) is 13.5. The van der Waals surface area contributed by atoms with Crippen molar-refractivity contribution in [2.45, 2.75) is 52.2 Å². The number of fused-ring (bicyclic) bond motifs is 2. The lowest BCUT2D eigenvalue weighted by Gasteiger charge is -2.40. The number of carbonyl (C=O) groups is 1. The van der Waals surface area contributed by atoms with Crippen molar-refractivity contribution in [1.29, 1.82) is 0 Å². The third-order valence-corrected chi connectivity index (χ3v) is 6.33. The zero-order chi connectivity index (χ0) is 13.7. The van der Waals surface area contributed by atoms with E-state index in [4.69, 9.17) is 4.74 Å². The van der Waals surface area contributed by atoms with Crippen molar-refractivity contribution in [1.82, 2.24) is 10.6 Å². The van der Waals surface area contributed by atoms with Gasteiger partial charge in [0.05, 0.1) is 6.61 Å². The number of morpholine rings is 1. The van der Waals surface area contributed by atoms with Gasteiger partial charge in [0.1, 0.15) is 6.10 Å². The molecule has 20 heavy (non-hydrogen) atoms. The minimum atomic E-state index is -0.306. The molecule has 3 fully saturated rings. The van der Waals surface area contributed by atoms with Gasteiger partial charge in [0, 0.05) is 19.1 Å². The maximum atomic E-state index is 12.3. The number of amides is 1. The van der Waals surface area contributed by atoms with Gasteiger partial charge in [-0.05, 0) is 36.0 Å². The molecule has 2 aliphatic carbocycles. The maximum absolute atomic E-state index is 12.3. The van der Waals surface area contributed by atoms with Gasteiger partial charge in [-0.1, -0.05) is 20.8 Å². The van der Waals surface area contributed by atoms with Gasteiger partial charge in [-0.15, -0.1) is 12.4 Å². The van der Waals surface area contributed by atoms with E-state index in [2.05, 4.69) is 31.4 Å². The molecule has 2 bridgehead atoms. The van der Waals surface area contributed by atoms with E-state index in [9.17, 15) is 4.79 Å². The van der Waals surface area contributed by atoms with Crippen molar-refractivity contribution in [2.24, 2.45) is 16.7 Å². The first kappa shape index (κ1) is 16.1. The van der Waals surface area contributed by atoms with Crippen LogP contribution in [0, 0.1) is 16.7 Å². The van der Waals surface area contributed by atoms with Crippen LogP contribution in [0.3, 0.4) is 0 Å². The second-order valence-corrected chi connectivity index (χ2v) is 7.24. The number of carbonyl (C=O) groups excluding carboxylic acids is 1. The molecule has 1 aliphatic heterocycles. The van der Waals surface area contributed by atoms with Gasteiger partial charge in [-0.3, -0.25) is 4.79 Å². The Morgan fingerprint density at radius 3 is 2.60 bits per heavy atom. The Balaban J connectivity index is 0.00000147. The first-order chi connectivity index (χ1) is 8.95. The van der Waals surface area contributed by atoms with Crippen molar-refractivity contribution in [2.75, 3.05) is 19.7 Å². The zero-order valence-electron chi connectivity index (χ0n) is 12.7. The molecule has 0 aromatic carbocycles. The molecular formula is C15H27ClN2O2. The van der Waals surface area contributed by atoms with E-state index >= 15 is 0 Å². The first-order valence-electron chi connectivity index (χ1n) is 7.58. The summed E-state index contributed by atoms with van der Waals surface area (Å²) in [7, 11) is 0. The molecule has 4 nitrogen and oxygen atoms in total. The molecule has 0 aromatic heterocycles. The molecule has 1 amide bonds. The number of hydrogen-bond acceptors (Lipinski definition) is 3. The van der Waals surface area contributed by atoms with Gasteiger partial charge >= 0.3 is 0 Å². The molecule has 2 saturated carbocycles. The molecule has 2 N–H and O–H groups in total. The van der Waals surface area contributed by atoms with Crippen molar-refractivity contribution in [3.63, 3.8) is 0 Å². The average Bonchev–Trinajstić information content (AvgIpc) is 2.73. The summed E-state index contributed by atoms with van der Waals surface area (Å²) in [6.45, 7) is 9.21. The summed E-state index contributed by atoms with van der Waals surface area (Å²) in [5, 5.41) is 6.49. The second-order valence-electron chi connectivity index (χ2n) is 7.24.